The summed E-state index contributed by atoms with van der Waals surface area (Å²) in [5.41, 5.74) is 2.84. The number of carbonyl (C=O) groups excluding carboxylic acids is 1. The second-order valence-corrected chi connectivity index (χ2v) is 6.77. The van der Waals surface area contributed by atoms with Gasteiger partial charge in [-0.15, -0.1) is 11.3 Å². The number of thiophene rings is 1. The van der Waals surface area contributed by atoms with Gasteiger partial charge in [0.1, 0.15) is 5.82 Å². The van der Waals surface area contributed by atoms with Crippen LogP contribution in [0.4, 0.5) is 10.1 Å². The monoisotopic (exact) mass is 354 g/mol. The molecule has 0 radical (unpaired) electrons. The van der Waals surface area contributed by atoms with Crippen molar-refractivity contribution >= 4 is 22.9 Å². The van der Waals surface area contributed by atoms with E-state index in [0.717, 1.165) is 21.7 Å². The quantitative estimate of drug-likeness (QED) is 0.684. The van der Waals surface area contributed by atoms with Crippen LogP contribution in [0, 0.1) is 12.7 Å². The third kappa shape index (κ3) is 4.75. The lowest BCUT2D eigenvalue weighted by molar-refractivity contribution is -0.115. The Kier molecular flexibility index (Phi) is 5.58. The first-order valence-corrected chi connectivity index (χ1v) is 8.88. The van der Waals surface area contributed by atoms with Crippen LogP contribution in [-0.4, -0.2) is 12.5 Å². The van der Waals surface area contributed by atoms with Crippen molar-refractivity contribution in [3.8, 4) is 0 Å². The van der Waals surface area contributed by atoms with Crippen molar-refractivity contribution in [3.63, 3.8) is 0 Å². The Hall–Kier alpha value is -2.50. The number of nitrogens with one attached hydrogen (secondary N) is 2. The van der Waals surface area contributed by atoms with Crippen LogP contribution in [0.3, 0.4) is 0 Å². The molecular formula is C20H19FN2OS. The first-order chi connectivity index (χ1) is 12.1. The van der Waals surface area contributed by atoms with Crippen molar-refractivity contribution in [3.05, 3.63) is 87.9 Å². The molecule has 0 aliphatic rings. The smallest absolute Gasteiger partial charge is 0.238 e. The summed E-state index contributed by atoms with van der Waals surface area (Å²) in [6.07, 6.45) is 0. The molecule has 3 aromatic rings. The number of aryl methyl sites for hydroxylation is 1. The zero-order chi connectivity index (χ0) is 17.6. The summed E-state index contributed by atoms with van der Waals surface area (Å²) < 4.78 is 13.2. The molecule has 0 fully saturated rings. The second-order valence-electron chi connectivity index (χ2n) is 5.80. The van der Waals surface area contributed by atoms with Gasteiger partial charge < -0.3 is 5.32 Å². The Bertz CT molecular complexity index is 814. The molecule has 1 atom stereocenters. The summed E-state index contributed by atoms with van der Waals surface area (Å²) in [5.74, 6) is -0.390. The van der Waals surface area contributed by atoms with Crippen LogP contribution in [-0.2, 0) is 4.79 Å². The molecule has 0 saturated heterocycles. The predicted molar refractivity (Wildman–Crippen MR) is 100 cm³/mol. The molecule has 0 bridgehead atoms. The third-order valence-electron chi connectivity index (χ3n) is 3.83. The van der Waals surface area contributed by atoms with E-state index in [1.54, 1.807) is 23.5 Å². The number of amides is 1. The zero-order valence-corrected chi connectivity index (χ0v) is 14.6. The van der Waals surface area contributed by atoms with Gasteiger partial charge in [-0.25, -0.2) is 4.39 Å². The fourth-order valence-corrected chi connectivity index (χ4v) is 3.36. The Labute approximate surface area is 150 Å². The maximum Gasteiger partial charge on any atom is 0.238 e. The van der Waals surface area contributed by atoms with Crippen LogP contribution in [0.15, 0.2) is 66.0 Å². The van der Waals surface area contributed by atoms with E-state index < -0.39 is 0 Å². The molecule has 0 aliphatic carbocycles. The lowest BCUT2D eigenvalue weighted by Gasteiger charge is -2.18. The molecule has 1 amide bonds. The fourth-order valence-electron chi connectivity index (χ4n) is 2.53. The average Bonchev–Trinajstić information content (AvgIpc) is 3.13. The average molecular weight is 354 g/mol. The number of carbonyl (C=O) groups is 1. The highest BCUT2D eigenvalue weighted by Gasteiger charge is 2.16. The summed E-state index contributed by atoms with van der Waals surface area (Å²) in [6, 6.07) is 17.8. The minimum Gasteiger partial charge on any atom is -0.325 e. The molecule has 2 N–H and O–H groups in total. The summed E-state index contributed by atoms with van der Waals surface area (Å²) in [4.78, 5) is 13.3. The van der Waals surface area contributed by atoms with Crippen molar-refractivity contribution in [1.29, 1.82) is 0 Å². The molecule has 1 aromatic heterocycles. The maximum atomic E-state index is 13.2. The molecule has 5 heteroatoms. The molecule has 1 heterocycles. The van der Waals surface area contributed by atoms with Crippen LogP contribution < -0.4 is 10.6 Å². The van der Waals surface area contributed by atoms with Crippen molar-refractivity contribution in [1.82, 2.24) is 5.32 Å². The Morgan fingerprint density at radius 1 is 1.08 bits per heavy atom. The first-order valence-electron chi connectivity index (χ1n) is 8.00. The summed E-state index contributed by atoms with van der Waals surface area (Å²) in [5, 5.41) is 8.12. The number of rotatable bonds is 6. The van der Waals surface area contributed by atoms with Crippen molar-refractivity contribution < 1.29 is 9.18 Å². The van der Waals surface area contributed by atoms with Gasteiger partial charge >= 0.3 is 0 Å². The highest BCUT2D eigenvalue weighted by atomic mass is 32.1. The van der Waals surface area contributed by atoms with E-state index >= 15 is 0 Å². The molecule has 2 aromatic carbocycles. The zero-order valence-electron chi connectivity index (χ0n) is 13.8. The van der Waals surface area contributed by atoms with Crippen LogP contribution >= 0.6 is 11.3 Å². The van der Waals surface area contributed by atoms with E-state index in [-0.39, 0.29) is 24.3 Å². The van der Waals surface area contributed by atoms with Crippen molar-refractivity contribution in [2.45, 2.75) is 13.0 Å². The van der Waals surface area contributed by atoms with Crippen LogP contribution in [0.2, 0.25) is 0 Å². The van der Waals surface area contributed by atoms with Crippen LogP contribution in [0.5, 0.6) is 0 Å². The maximum absolute atomic E-state index is 13.2. The largest absolute Gasteiger partial charge is 0.325 e. The normalized spacial score (nSPS) is 11.9. The number of anilines is 1. The van der Waals surface area contributed by atoms with Gasteiger partial charge in [-0.3, -0.25) is 10.1 Å². The summed E-state index contributed by atoms with van der Waals surface area (Å²) >= 11 is 1.60. The van der Waals surface area contributed by atoms with Crippen LogP contribution in [0.1, 0.15) is 22.0 Å². The van der Waals surface area contributed by atoms with Gasteiger partial charge in [-0.05, 0) is 48.2 Å². The number of hydrogen-bond acceptors (Lipinski definition) is 3. The van der Waals surface area contributed by atoms with Gasteiger partial charge in [0.25, 0.3) is 0 Å². The highest BCUT2D eigenvalue weighted by molar-refractivity contribution is 7.10. The molecule has 0 spiro atoms. The van der Waals surface area contributed by atoms with E-state index in [1.165, 1.54) is 12.1 Å². The number of benzene rings is 2. The lowest BCUT2D eigenvalue weighted by atomic mass is 10.1. The highest BCUT2D eigenvalue weighted by Crippen LogP contribution is 2.26. The standard InChI is InChI=1S/C20H19FN2OS/c1-14-4-10-17(11-5-14)23-19(24)13-22-20(18-3-2-12-25-18)15-6-8-16(21)9-7-15/h2-12,20,22H,13H2,1H3,(H,23,24). The molecule has 0 saturated carbocycles. The number of hydrogen-bond donors (Lipinski definition) is 2. The van der Waals surface area contributed by atoms with Gasteiger partial charge in [0, 0.05) is 10.6 Å². The molecule has 3 rings (SSSR count). The van der Waals surface area contributed by atoms with E-state index in [1.807, 2.05) is 48.7 Å². The van der Waals surface area contributed by atoms with E-state index in [9.17, 15) is 9.18 Å². The Morgan fingerprint density at radius 2 is 1.80 bits per heavy atom. The fraction of sp³-hybridized carbons (Fsp3) is 0.150. The molecule has 3 nitrogen and oxygen atoms in total. The lowest BCUT2D eigenvalue weighted by Crippen LogP contribution is -2.31. The Morgan fingerprint density at radius 3 is 2.44 bits per heavy atom. The number of halogens is 1. The van der Waals surface area contributed by atoms with Crippen molar-refractivity contribution in [2.24, 2.45) is 0 Å². The molecular weight excluding hydrogens is 335 g/mol. The summed E-state index contributed by atoms with van der Waals surface area (Å²) in [6.45, 7) is 2.16. The van der Waals surface area contributed by atoms with Crippen LogP contribution in [0.25, 0.3) is 0 Å². The Balaban J connectivity index is 1.67. The minimum atomic E-state index is -0.272. The topological polar surface area (TPSA) is 41.1 Å². The summed E-state index contributed by atoms with van der Waals surface area (Å²) in [7, 11) is 0. The first kappa shape index (κ1) is 17.3. The van der Waals surface area contributed by atoms with E-state index in [0.29, 0.717) is 0 Å². The van der Waals surface area contributed by atoms with Crippen molar-refractivity contribution in [2.75, 3.05) is 11.9 Å². The SMILES string of the molecule is Cc1ccc(NC(=O)CNC(c2ccc(F)cc2)c2cccs2)cc1. The van der Waals surface area contributed by atoms with E-state index in [2.05, 4.69) is 10.6 Å². The third-order valence-corrected chi connectivity index (χ3v) is 4.77. The molecule has 25 heavy (non-hydrogen) atoms. The molecule has 1 unspecified atom stereocenters. The van der Waals surface area contributed by atoms with Gasteiger partial charge in [0.2, 0.25) is 5.91 Å². The molecule has 0 aliphatic heterocycles. The van der Waals surface area contributed by atoms with Gasteiger partial charge in [-0.1, -0.05) is 35.9 Å². The van der Waals surface area contributed by atoms with Gasteiger partial charge in [0.15, 0.2) is 0 Å². The van der Waals surface area contributed by atoms with Gasteiger partial charge in [0.05, 0.1) is 12.6 Å². The van der Waals surface area contributed by atoms with E-state index in [4.69, 9.17) is 0 Å². The molecule has 128 valence electrons. The van der Waals surface area contributed by atoms with Gasteiger partial charge in [-0.2, -0.15) is 0 Å². The minimum absolute atomic E-state index is 0.118. The second kappa shape index (κ2) is 8.05. The predicted octanol–water partition coefficient (Wildman–Crippen LogP) is 4.51.